The summed E-state index contributed by atoms with van der Waals surface area (Å²) in [6, 6.07) is 0. The molecule has 0 aromatic rings. The van der Waals surface area contributed by atoms with Crippen LogP contribution in [-0.4, -0.2) is 17.9 Å². The highest BCUT2D eigenvalue weighted by molar-refractivity contribution is 9.11. The van der Waals surface area contributed by atoms with Crippen LogP contribution < -0.4 is 0 Å². The first-order valence-electron chi connectivity index (χ1n) is 2.58. The van der Waals surface area contributed by atoms with Crippen molar-refractivity contribution < 1.29 is 4.79 Å². The maximum Gasteiger partial charge on any atom is 0.213 e. The van der Waals surface area contributed by atoms with Crippen LogP contribution in [0.1, 0.15) is 0 Å². The van der Waals surface area contributed by atoms with E-state index in [2.05, 4.69) is 15.9 Å². The Bertz CT molecular complexity index is 174. The van der Waals surface area contributed by atoms with Gasteiger partial charge >= 0.3 is 0 Å². The second-order valence-electron chi connectivity index (χ2n) is 1.72. The van der Waals surface area contributed by atoms with E-state index in [9.17, 15) is 4.79 Å². The lowest BCUT2D eigenvalue weighted by Crippen LogP contribution is -2.16. The molecule has 3 heteroatoms. The van der Waals surface area contributed by atoms with Gasteiger partial charge in [0.15, 0.2) is 0 Å². The molecular weight excluding hydrogens is 182 g/mol. The summed E-state index contributed by atoms with van der Waals surface area (Å²) in [5, 5.41) is 0. The molecule has 0 aromatic heterocycles. The summed E-state index contributed by atoms with van der Waals surface area (Å²) in [7, 11) is 0. The van der Waals surface area contributed by atoms with E-state index in [1.54, 1.807) is 11.1 Å². The van der Waals surface area contributed by atoms with Gasteiger partial charge in [0.2, 0.25) is 6.41 Å². The van der Waals surface area contributed by atoms with E-state index in [-0.39, 0.29) is 0 Å². The van der Waals surface area contributed by atoms with Crippen molar-refractivity contribution in [2.45, 2.75) is 0 Å². The first-order chi connectivity index (χ1) is 4.33. The van der Waals surface area contributed by atoms with Gasteiger partial charge in [-0.25, -0.2) is 0 Å². The summed E-state index contributed by atoms with van der Waals surface area (Å²) in [6.07, 6.45) is 6.37. The Morgan fingerprint density at radius 3 is 3.00 bits per heavy atom. The lowest BCUT2D eigenvalue weighted by Gasteiger charge is -2.12. The van der Waals surface area contributed by atoms with Gasteiger partial charge in [0.25, 0.3) is 0 Å². The number of allylic oxidation sites excluding steroid dienone is 2. The number of carbonyl (C=O) groups excluding carboxylic acids is 1. The number of hydrogen-bond donors (Lipinski definition) is 0. The molecule has 0 N–H and O–H groups in total. The minimum absolute atomic E-state index is 0.679. The SMILES string of the molecule is O=CN1C=C(Br)C=CC1. The predicted molar refractivity (Wildman–Crippen MR) is 38.9 cm³/mol. The average Bonchev–Trinajstić information content (AvgIpc) is 1.88. The third kappa shape index (κ3) is 1.68. The highest BCUT2D eigenvalue weighted by Gasteiger charge is 1.98. The van der Waals surface area contributed by atoms with E-state index in [4.69, 9.17) is 0 Å². The molecule has 0 bridgehead atoms. The Balaban J connectivity index is 2.65. The molecule has 0 atom stereocenters. The van der Waals surface area contributed by atoms with Crippen LogP contribution in [0.2, 0.25) is 0 Å². The normalized spacial score (nSPS) is 17.4. The van der Waals surface area contributed by atoms with Gasteiger partial charge < -0.3 is 4.90 Å². The smallest absolute Gasteiger partial charge is 0.213 e. The van der Waals surface area contributed by atoms with Crippen molar-refractivity contribution in [2.24, 2.45) is 0 Å². The van der Waals surface area contributed by atoms with Crippen LogP contribution in [0.25, 0.3) is 0 Å². The van der Waals surface area contributed by atoms with Crippen LogP contribution in [-0.2, 0) is 4.79 Å². The monoisotopic (exact) mass is 187 g/mol. The van der Waals surface area contributed by atoms with E-state index >= 15 is 0 Å². The molecule has 1 aliphatic rings. The van der Waals surface area contributed by atoms with Crippen LogP contribution in [0.5, 0.6) is 0 Å². The molecule has 1 amide bonds. The molecule has 0 unspecified atom stereocenters. The zero-order chi connectivity index (χ0) is 6.69. The highest BCUT2D eigenvalue weighted by atomic mass is 79.9. The fourth-order valence-electron chi connectivity index (χ4n) is 0.615. The van der Waals surface area contributed by atoms with Crippen molar-refractivity contribution in [1.82, 2.24) is 4.90 Å². The molecule has 0 radical (unpaired) electrons. The van der Waals surface area contributed by atoms with E-state index in [1.807, 2.05) is 12.2 Å². The molecule has 1 heterocycles. The summed E-state index contributed by atoms with van der Waals surface area (Å²) >= 11 is 3.24. The first kappa shape index (κ1) is 6.55. The molecule has 1 aliphatic heterocycles. The van der Waals surface area contributed by atoms with Gasteiger partial charge in [-0.1, -0.05) is 6.08 Å². The Kier molecular flexibility index (Phi) is 2.05. The van der Waals surface area contributed by atoms with Gasteiger partial charge in [0.05, 0.1) is 0 Å². The van der Waals surface area contributed by atoms with Crippen molar-refractivity contribution >= 4 is 22.3 Å². The molecule has 0 saturated carbocycles. The third-order valence-electron chi connectivity index (χ3n) is 1.02. The molecule has 48 valence electrons. The average molecular weight is 188 g/mol. The molecule has 1 rings (SSSR count). The molecule has 0 spiro atoms. The minimum atomic E-state index is 0.679. The van der Waals surface area contributed by atoms with Crippen molar-refractivity contribution in [3.63, 3.8) is 0 Å². The van der Waals surface area contributed by atoms with Gasteiger partial charge in [-0.15, -0.1) is 0 Å². The zero-order valence-corrected chi connectivity index (χ0v) is 6.34. The summed E-state index contributed by atoms with van der Waals surface area (Å²) in [4.78, 5) is 11.7. The summed E-state index contributed by atoms with van der Waals surface area (Å²) in [6.45, 7) is 0.679. The molecule has 0 aliphatic carbocycles. The number of carbonyl (C=O) groups is 1. The Labute approximate surface area is 62.0 Å². The Hall–Kier alpha value is -0.570. The van der Waals surface area contributed by atoms with Crippen LogP contribution in [0.15, 0.2) is 22.8 Å². The maximum absolute atomic E-state index is 10.1. The fraction of sp³-hybridized carbons (Fsp3) is 0.167. The molecule has 9 heavy (non-hydrogen) atoms. The van der Waals surface area contributed by atoms with Crippen molar-refractivity contribution in [1.29, 1.82) is 0 Å². The molecule has 0 fully saturated rings. The largest absolute Gasteiger partial charge is 0.317 e. The Morgan fingerprint density at radius 1 is 1.78 bits per heavy atom. The number of halogens is 1. The maximum atomic E-state index is 10.1. The quantitative estimate of drug-likeness (QED) is 0.567. The Morgan fingerprint density at radius 2 is 2.56 bits per heavy atom. The number of hydrogen-bond acceptors (Lipinski definition) is 1. The van der Waals surface area contributed by atoms with E-state index < -0.39 is 0 Å². The van der Waals surface area contributed by atoms with Gasteiger partial charge in [-0.2, -0.15) is 0 Å². The second kappa shape index (κ2) is 2.82. The van der Waals surface area contributed by atoms with E-state index in [0.29, 0.717) is 6.54 Å². The van der Waals surface area contributed by atoms with Crippen molar-refractivity contribution in [3.05, 3.63) is 22.8 Å². The van der Waals surface area contributed by atoms with Gasteiger partial charge in [-0.05, 0) is 22.0 Å². The van der Waals surface area contributed by atoms with Gasteiger partial charge in [0.1, 0.15) is 0 Å². The lowest BCUT2D eigenvalue weighted by molar-refractivity contribution is -0.115. The van der Waals surface area contributed by atoms with Gasteiger partial charge in [0, 0.05) is 17.2 Å². The molecule has 0 saturated heterocycles. The first-order valence-corrected chi connectivity index (χ1v) is 3.37. The van der Waals surface area contributed by atoms with Gasteiger partial charge in [-0.3, -0.25) is 4.79 Å². The van der Waals surface area contributed by atoms with E-state index in [0.717, 1.165) is 10.9 Å². The summed E-state index contributed by atoms with van der Waals surface area (Å²) in [5.41, 5.74) is 0. The van der Waals surface area contributed by atoms with E-state index in [1.165, 1.54) is 0 Å². The van der Waals surface area contributed by atoms with Crippen molar-refractivity contribution in [2.75, 3.05) is 6.54 Å². The molecule has 0 aromatic carbocycles. The predicted octanol–water partition coefficient (Wildman–Crippen LogP) is 1.25. The topological polar surface area (TPSA) is 20.3 Å². The zero-order valence-electron chi connectivity index (χ0n) is 4.75. The number of amides is 1. The summed E-state index contributed by atoms with van der Waals surface area (Å²) < 4.78 is 0.931. The molecular formula is C6H6BrNO. The standard InChI is InChI=1S/C6H6BrNO/c7-6-2-1-3-8(4-6)5-9/h1-2,4-5H,3H2. The van der Waals surface area contributed by atoms with Crippen LogP contribution >= 0.6 is 15.9 Å². The lowest BCUT2D eigenvalue weighted by atomic mass is 10.4. The highest BCUT2D eigenvalue weighted by Crippen LogP contribution is 2.11. The van der Waals surface area contributed by atoms with Crippen LogP contribution in [0.4, 0.5) is 0 Å². The minimum Gasteiger partial charge on any atom is -0.317 e. The number of rotatable bonds is 1. The van der Waals surface area contributed by atoms with Crippen LogP contribution in [0, 0.1) is 0 Å². The third-order valence-corrected chi connectivity index (χ3v) is 1.49. The van der Waals surface area contributed by atoms with Crippen LogP contribution in [0.3, 0.4) is 0 Å². The second-order valence-corrected chi connectivity index (χ2v) is 2.63. The van der Waals surface area contributed by atoms with Crippen molar-refractivity contribution in [3.8, 4) is 0 Å². The fourth-order valence-corrected chi connectivity index (χ4v) is 1.06. The number of nitrogens with zero attached hydrogens (tertiary/aromatic N) is 1. The summed E-state index contributed by atoms with van der Waals surface area (Å²) in [5.74, 6) is 0. The molecule has 2 nitrogen and oxygen atoms in total.